The van der Waals surface area contributed by atoms with Gasteiger partial charge in [0.25, 0.3) is 5.91 Å². The van der Waals surface area contributed by atoms with Crippen LogP contribution in [-0.2, 0) is 24.5 Å². The maximum Gasteiger partial charge on any atom is 0.391 e. The average Bonchev–Trinajstić information content (AvgIpc) is 3.20. The molecular weight excluding hydrogens is 483 g/mol. The van der Waals surface area contributed by atoms with Crippen LogP contribution in [0.15, 0.2) is 54.7 Å². The second kappa shape index (κ2) is 10.2. The zero-order valence-electron chi connectivity index (χ0n) is 20.5. The van der Waals surface area contributed by atoms with Crippen LogP contribution in [0.5, 0.6) is 5.75 Å². The van der Waals surface area contributed by atoms with E-state index in [2.05, 4.69) is 16.8 Å². The van der Waals surface area contributed by atoms with Gasteiger partial charge in [-0.2, -0.15) is 13.2 Å². The number of likely N-dealkylation sites (tertiary alicyclic amines) is 1. The predicted molar refractivity (Wildman–Crippen MR) is 131 cm³/mol. The van der Waals surface area contributed by atoms with Crippen molar-refractivity contribution < 1.29 is 27.5 Å². The number of ether oxygens (including phenoxy) is 1. The number of benzene rings is 2. The zero-order valence-corrected chi connectivity index (χ0v) is 20.5. The van der Waals surface area contributed by atoms with Gasteiger partial charge in [-0.3, -0.25) is 14.5 Å². The molecule has 2 amide bonds. The van der Waals surface area contributed by atoms with Crippen LogP contribution in [-0.4, -0.2) is 46.9 Å². The number of nitrogens with one attached hydrogen (secondary N) is 1. The molecule has 2 aromatic rings. The molecule has 1 N–H and O–H groups in total. The number of hydrogen-bond acceptors (Lipinski definition) is 4. The van der Waals surface area contributed by atoms with Crippen molar-refractivity contribution in [2.24, 2.45) is 5.92 Å². The first-order valence-corrected chi connectivity index (χ1v) is 12.6. The lowest BCUT2D eigenvalue weighted by Gasteiger charge is -2.32. The number of rotatable bonds is 6. The maximum absolute atomic E-state index is 13.0. The molecule has 0 radical (unpaired) electrons. The molecule has 0 saturated carbocycles. The summed E-state index contributed by atoms with van der Waals surface area (Å²) in [7, 11) is 0. The van der Waals surface area contributed by atoms with Crippen molar-refractivity contribution >= 4 is 11.8 Å². The average molecular weight is 514 g/mol. The predicted octanol–water partition coefficient (Wildman–Crippen LogP) is 4.79. The highest BCUT2D eigenvalue weighted by molar-refractivity contribution is 6.02. The fraction of sp³-hybridized carbons (Fsp3) is 0.429. The van der Waals surface area contributed by atoms with Crippen molar-refractivity contribution in [1.82, 2.24) is 15.1 Å². The van der Waals surface area contributed by atoms with Crippen molar-refractivity contribution in [2.75, 3.05) is 13.1 Å². The highest BCUT2D eigenvalue weighted by Gasteiger charge is 2.41. The lowest BCUT2D eigenvalue weighted by atomic mass is 9.96. The Kier molecular flexibility index (Phi) is 6.98. The van der Waals surface area contributed by atoms with Crippen LogP contribution in [0.25, 0.3) is 0 Å². The molecule has 2 fully saturated rings. The Morgan fingerprint density at radius 3 is 2.38 bits per heavy atom. The summed E-state index contributed by atoms with van der Waals surface area (Å²) in [5.74, 6) is -0.947. The number of carbonyl (C=O) groups is 2. The molecule has 0 aliphatic carbocycles. The summed E-state index contributed by atoms with van der Waals surface area (Å²) in [5, 5.41) is 2.75. The monoisotopic (exact) mass is 513 g/mol. The molecule has 2 aromatic carbocycles. The summed E-state index contributed by atoms with van der Waals surface area (Å²) in [6.07, 6.45) is -2.61. The zero-order chi connectivity index (χ0) is 26.2. The van der Waals surface area contributed by atoms with Gasteiger partial charge in [-0.1, -0.05) is 36.9 Å². The third kappa shape index (κ3) is 5.51. The minimum absolute atomic E-state index is 0.150. The summed E-state index contributed by atoms with van der Waals surface area (Å²) in [6.45, 7) is 5.95. The van der Waals surface area contributed by atoms with Gasteiger partial charge in [-0.15, -0.1) is 0 Å². The van der Waals surface area contributed by atoms with Gasteiger partial charge < -0.3 is 15.0 Å². The quantitative estimate of drug-likeness (QED) is 0.604. The van der Waals surface area contributed by atoms with E-state index in [-0.39, 0.29) is 24.7 Å². The number of hydrogen-bond donors (Lipinski definition) is 1. The van der Waals surface area contributed by atoms with E-state index in [1.807, 2.05) is 30.3 Å². The van der Waals surface area contributed by atoms with E-state index >= 15 is 0 Å². The Morgan fingerprint density at radius 2 is 1.70 bits per heavy atom. The van der Waals surface area contributed by atoms with Gasteiger partial charge in [0.05, 0.1) is 12.5 Å². The van der Waals surface area contributed by atoms with E-state index in [1.165, 1.54) is 0 Å². The highest BCUT2D eigenvalue weighted by Crippen LogP contribution is 2.35. The first-order valence-electron chi connectivity index (χ1n) is 12.6. The van der Waals surface area contributed by atoms with Gasteiger partial charge in [0.1, 0.15) is 18.4 Å². The number of carbonyl (C=O) groups excluding carboxylic acids is 2. The normalized spacial score (nSPS) is 21.2. The van der Waals surface area contributed by atoms with Crippen molar-refractivity contribution in [3.8, 4) is 5.75 Å². The Hall–Kier alpha value is -3.33. The number of alkyl halides is 3. The molecule has 5 rings (SSSR count). The van der Waals surface area contributed by atoms with E-state index in [4.69, 9.17) is 4.74 Å². The van der Waals surface area contributed by atoms with Crippen LogP contribution in [0.1, 0.15) is 52.7 Å². The van der Waals surface area contributed by atoms with Crippen molar-refractivity contribution in [2.45, 2.75) is 57.6 Å². The van der Waals surface area contributed by atoms with E-state index in [1.54, 1.807) is 17.0 Å². The van der Waals surface area contributed by atoms with Gasteiger partial charge in [0.2, 0.25) is 5.91 Å². The van der Waals surface area contributed by atoms with Gasteiger partial charge in [0, 0.05) is 23.4 Å². The summed E-state index contributed by atoms with van der Waals surface area (Å²) in [5.41, 5.74) is 4.00. The van der Waals surface area contributed by atoms with Gasteiger partial charge >= 0.3 is 6.18 Å². The number of allylic oxidation sites excluding steroid dienone is 1. The molecule has 0 bridgehead atoms. The van der Waals surface area contributed by atoms with E-state index in [9.17, 15) is 22.8 Å². The minimum Gasteiger partial charge on any atom is -0.489 e. The Morgan fingerprint density at radius 1 is 1.00 bits per heavy atom. The number of amides is 2. The van der Waals surface area contributed by atoms with E-state index < -0.39 is 18.1 Å². The van der Waals surface area contributed by atoms with E-state index in [0.717, 1.165) is 16.7 Å². The number of fused-ring (bicyclic) bond motifs is 1. The smallest absolute Gasteiger partial charge is 0.391 e. The number of halogens is 3. The maximum atomic E-state index is 13.0. The molecule has 0 spiro atoms. The molecule has 2 saturated heterocycles. The van der Waals surface area contributed by atoms with Gasteiger partial charge in [0.15, 0.2) is 0 Å². The van der Waals surface area contributed by atoms with Gasteiger partial charge in [-0.05, 0) is 62.0 Å². The molecular formula is C28H30F3N3O3. The van der Waals surface area contributed by atoms with Crippen LogP contribution >= 0.6 is 0 Å². The molecule has 6 nitrogen and oxygen atoms in total. The third-order valence-electron chi connectivity index (χ3n) is 7.53. The van der Waals surface area contributed by atoms with Crippen molar-refractivity contribution in [3.63, 3.8) is 0 Å². The number of piperidine rings is 2. The molecule has 9 heteroatoms. The summed E-state index contributed by atoms with van der Waals surface area (Å²) >= 11 is 0. The molecule has 3 aliphatic heterocycles. The first kappa shape index (κ1) is 25.3. The summed E-state index contributed by atoms with van der Waals surface area (Å²) in [6, 6.07) is 12.7. The molecule has 3 heterocycles. The summed E-state index contributed by atoms with van der Waals surface area (Å²) < 4.78 is 44.8. The highest BCUT2D eigenvalue weighted by atomic mass is 19.4. The van der Waals surface area contributed by atoms with Crippen LogP contribution < -0.4 is 10.1 Å². The van der Waals surface area contributed by atoms with E-state index in [0.29, 0.717) is 62.6 Å². The first-order chi connectivity index (χ1) is 17.7. The Labute approximate surface area is 214 Å². The van der Waals surface area contributed by atoms with Crippen LogP contribution in [0.4, 0.5) is 13.2 Å². The summed E-state index contributed by atoms with van der Waals surface area (Å²) in [4.78, 5) is 29.1. The standard InChI is InChI=1S/C28H30F3N3O3/c1-18-5-10-24(26(35)32-18)34-16-23-22(27(34)36)3-2-4-25(23)37-17-20-8-6-19(7-9-20)15-33-13-11-21(12-14-33)28(29,30)31/h2-4,6-9,21,24H,1,5,10-17H2,(H,32,35)/t24-/m0/s1. The second-order valence-corrected chi connectivity index (χ2v) is 10.1. The Bertz CT molecular complexity index is 1190. The minimum atomic E-state index is -4.10. The van der Waals surface area contributed by atoms with Crippen molar-refractivity contribution in [3.05, 3.63) is 77.0 Å². The molecule has 0 unspecified atom stereocenters. The molecule has 196 valence electrons. The fourth-order valence-corrected chi connectivity index (χ4v) is 5.35. The van der Waals surface area contributed by atoms with Crippen molar-refractivity contribution in [1.29, 1.82) is 0 Å². The largest absolute Gasteiger partial charge is 0.489 e. The topological polar surface area (TPSA) is 61.9 Å². The third-order valence-corrected chi connectivity index (χ3v) is 7.53. The number of nitrogens with zero attached hydrogens (tertiary/aromatic N) is 2. The van der Waals surface area contributed by atoms with Gasteiger partial charge in [-0.25, -0.2) is 0 Å². The molecule has 0 aromatic heterocycles. The molecule has 3 aliphatic rings. The lowest BCUT2D eigenvalue weighted by Crippen LogP contribution is -2.49. The SMILES string of the molecule is C=C1CC[C@H](N2Cc3c(OCc4ccc(CN5CCC(C(F)(F)F)CC5)cc4)cccc3C2=O)C(=O)N1. The lowest BCUT2D eigenvalue weighted by molar-refractivity contribution is -0.185. The fourth-order valence-electron chi connectivity index (χ4n) is 5.35. The van der Waals surface area contributed by atoms with Crippen LogP contribution in [0.3, 0.4) is 0 Å². The van der Waals surface area contributed by atoms with Crippen LogP contribution in [0, 0.1) is 5.92 Å². The molecule has 1 atom stereocenters. The Balaban J connectivity index is 1.17. The van der Waals surface area contributed by atoms with Crippen LogP contribution in [0.2, 0.25) is 0 Å². The second-order valence-electron chi connectivity index (χ2n) is 10.1. The molecule has 37 heavy (non-hydrogen) atoms.